The Labute approximate surface area is 103 Å². The molecule has 0 bridgehead atoms. The Kier molecular flexibility index (Phi) is 4.95. The van der Waals surface area contributed by atoms with Crippen LogP contribution >= 0.6 is 0 Å². The number of carbonyl (C=O) groups is 1. The standard InChI is InChI=1S/C15H20O2/c1-11(2)10-13-5-7-14(8-6-13)12(3)4-9-15(16)17/h4-8,11H,9-10H2,1-3H3,(H,16,17)/b12-4+. The highest BCUT2D eigenvalue weighted by Gasteiger charge is 2.00. The number of rotatable bonds is 5. The van der Waals surface area contributed by atoms with Crippen molar-refractivity contribution in [2.75, 3.05) is 0 Å². The summed E-state index contributed by atoms with van der Waals surface area (Å²) in [6, 6.07) is 8.36. The number of allylic oxidation sites excluding steroid dienone is 1. The fourth-order valence-electron chi connectivity index (χ4n) is 1.73. The van der Waals surface area contributed by atoms with E-state index in [9.17, 15) is 4.79 Å². The first kappa shape index (κ1) is 13.5. The Bertz CT molecular complexity index is 399. The summed E-state index contributed by atoms with van der Waals surface area (Å²) in [4.78, 5) is 10.5. The predicted octanol–water partition coefficient (Wildman–Crippen LogP) is 3.76. The second kappa shape index (κ2) is 6.24. The van der Waals surface area contributed by atoms with E-state index in [1.54, 1.807) is 6.08 Å². The Hall–Kier alpha value is -1.57. The van der Waals surface area contributed by atoms with Crippen LogP contribution in [0, 0.1) is 5.92 Å². The molecule has 0 saturated carbocycles. The smallest absolute Gasteiger partial charge is 0.307 e. The molecule has 0 spiro atoms. The van der Waals surface area contributed by atoms with Crippen molar-refractivity contribution in [1.82, 2.24) is 0 Å². The maximum absolute atomic E-state index is 10.5. The summed E-state index contributed by atoms with van der Waals surface area (Å²) in [5.74, 6) is -0.134. The van der Waals surface area contributed by atoms with Crippen LogP contribution in [0.15, 0.2) is 30.3 Å². The average Bonchev–Trinajstić information content (AvgIpc) is 2.26. The molecule has 0 heterocycles. The zero-order chi connectivity index (χ0) is 12.8. The van der Waals surface area contributed by atoms with Gasteiger partial charge in [-0.1, -0.05) is 44.2 Å². The molecular weight excluding hydrogens is 212 g/mol. The van der Waals surface area contributed by atoms with Gasteiger partial charge in [0.2, 0.25) is 0 Å². The topological polar surface area (TPSA) is 37.3 Å². The van der Waals surface area contributed by atoms with Crippen LogP contribution in [-0.4, -0.2) is 11.1 Å². The monoisotopic (exact) mass is 232 g/mol. The number of hydrogen-bond donors (Lipinski definition) is 1. The van der Waals surface area contributed by atoms with Crippen molar-refractivity contribution < 1.29 is 9.90 Å². The lowest BCUT2D eigenvalue weighted by atomic mass is 9.99. The van der Waals surface area contributed by atoms with Crippen molar-refractivity contribution in [3.63, 3.8) is 0 Å². The van der Waals surface area contributed by atoms with Crippen LogP contribution in [0.3, 0.4) is 0 Å². The third-order valence-corrected chi connectivity index (χ3v) is 2.64. The van der Waals surface area contributed by atoms with Gasteiger partial charge in [0, 0.05) is 0 Å². The van der Waals surface area contributed by atoms with Crippen LogP contribution in [0.2, 0.25) is 0 Å². The Balaban J connectivity index is 2.73. The SMILES string of the molecule is C/C(=C\CC(=O)O)c1ccc(CC(C)C)cc1. The zero-order valence-corrected chi connectivity index (χ0v) is 10.7. The van der Waals surface area contributed by atoms with Gasteiger partial charge in [-0.3, -0.25) is 4.79 Å². The first-order valence-corrected chi connectivity index (χ1v) is 5.97. The van der Waals surface area contributed by atoms with Crippen LogP contribution in [0.25, 0.3) is 5.57 Å². The van der Waals surface area contributed by atoms with Crippen molar-refractivity contribution in [1.29, 1.82) is 0 Å². The van der Waals surface area contributed by atoms with Crippen molar-refractivity contribution in [2.24, 2.45) is 5.92 Å². The van der Waals surface area contributed by atoms with E-state index in [0.29, 0.717) is 5.92 Å². The van der Waals surface area contributed by atoms with E-state index in [-0.39, 0.29) is 6.42 Å². The highest BCUT2D eigenvalue weighted by atomic mass is 16.4. The highest BCUT2D eigenvalue weighted by molar-refractivity contribution is 5.73. The van der Waals surface area contributed by atoms with E-state index >= 15 is 0 Å². The molecule has 0 aliphatic heterocycles. The van der Waals surface area contributed by atoms with E-state index in [1.807, 2.05) is 6.92 Å². The number of aliphatic carboxylic acids is 1. The third-order valence-electron chi connectivity index (χ3n) is 2.64. The fraction of sp³-hybridized carbons (Fsp3) is 0.400. The minimum Gasteiger partial charge on any atom is -0.481 e. The predicted molar refractivity (Wildman–Crippen MR) is 70.9 cm³/mol. The van der Waals surface area contributed by atoms with Crippen molar-refractivity contribution in [2.45, 2.75) is 33.6 Å². The molecule has 1 aromatic rings. The molecule has 0 amide bonds. The highest BCUT2D eigenvalue weighted by Crippen LogP contribution is 2.16. The molecule has 1 N–H and O–H groups in total. The molecule has 0 aromatic heterocycles. The molecule has 0 atom stereocenters. The summed E-state index contributed by atoms with van der Waals surface area (Å²) in [5.41, 5.74) is 3.44. The van der Waals surface area contributed by atoms with E-state index in [0.717, 1.165) is 17.6 Å². The van der Waals surface area contributed by atoms with Gasteiger partial charge in [-0.15, -0.1) is 0 Å². The molecule has 17 heavy (non-hydrogen) atoms. The molecule has 0 aliphatic carbocycles. The van der Waals surface area contributed by atoms with E-state index in [4.69, 9.17) is 5.11 Å². The first-order valence-electron chi connectivity index (χ1n) is 5.97. The molecule has 1 aromatic carbocycles. The Morgan fingerprint density at radius 3 is 2.35 bits per heavy atom. The van der Waals surface area contributed by atoms with Gasteiger partial charge in [-0.25, -0.2) is 0 Å². The normalized spacial score (nSPS) is 11.9. The molecule has 0 fully saturated rings. The maximum Gasteiger partial charge on any atom is 0.307 e. The number of benzene rings is 1. The van der Waals surface area contributed by atoms with Crippen LogP contribution in [0.1, 0.15) is 38.3 Å². The van der Waals surface area contributed by atoms with Gasteiger partial charge in [-0.05, 0) is 36.0 Å². The minimum atomic E-state index is -0.791. The van der Waals surface area contributed by atoms with Crippen molar-refractivity contribution >= 4 is 11.5 Å². The molecule has 0 unspecified atom stereocenters. The van der Waals surface area contributed by atoms with Gasteiger partial charge in [0.1, 0.15) is 0 Å². The molecule has 2 heteroatoms. The van der Waals surface area contributed by atoms with Gasteiger partial charge in [0.25, 0.3) is 0 Å². The molecule has 1 rings (SSSR count). The maximum atomic E-state index is 10.5. The van der Waals surface area contributed by atoms with Crippen LogP contribution < -0.4 is 0 Å². The number of hydrogen-bond acceptors (Lipinski definition) is 1. The largest absolute Gasteiger partial charge is 0.481 e. The van der Waals surface area contributed by atoms with Crippen LogP contribution in [0.4, 0.5) is 0 Å². The second-order valence-electron chi connectivity index (χ2n) is 4.78. The summed E-state index contributed by atoms with van der Waals surface area (Å²) in [5, 5.41) is 8.61. The molecule has 92 valence electrons. The summed E-state index contributed by atoms with van der Waals surface area (Å²) in [7, 11) is 0. The third kappa shape index (κ3) is 4.85. The first-order chi connectivity index (χ1) is 7.99. The molecule has 2 nitrogen and oxygen atoms in total. The van der Waals surface area contributed by atoms with E-state index < -0.39 is 5.97 Å². The van der Waals surface area contributed by atoms with E-state index in [2.05, 4.69) is 38.1 Å². The lowest BCUT2D eigenvalue weighted by molar-refractivity contribution is -0.135. The lowest BCUT2D eigenvalue weighted by Crippen LogP contribution is -1.94. The van der Waals surface area contributed by atoms with Gasteiger partial charge in [0.05, 0.1) is 6.42 Å². The molecular formula is C15H20O2. The second-order valence-corrected chi connectivity index (χ2v) is 4.78. The average molecular weight is 232 g/mol. The quantitative estimate of drug-likeness (QED) is 0.839. The van der Waals surface area contributed by atoms with Crippen LogP contribution in [0.5, 0.6) is 0 Å². The fourth-order valence-corrected chi connectivity index (χ4v) is 1.73. The minimum absolute atomic E-state index is 0.0829. The van der Waals surface area contributed by atoms with Gasteiger partial charge in [0.15, 0.2) is 0 Å². The molecule has 0 radical (unpaired) electrons. The summed E-state index contributed by atoms with van der Waals surface area (Å²) in [6.07, 6.45) is 2.91. The van der Waals surface area contributed by atoms with Crippen molar-refractivity contribution in [3.05, 3.63) is 41.5 Å². The molecule has 0 aliphatic rings. The van der Waals surface area contributed by atoms with E-state index in [1.165, 1.54) is 5.56 Å². The van der Waals surface area contributed by atoms with Crippen LogP contribution in [-0.2, 0) is 11.2 Å². The van der Waals surface area contributed by atoms with Crippen molar-refractivity contribution in [3.8, 4) is 0 Å². The zero-order valence-electron chi connectivity index (χ0n) is 10.7. The Morgan fingerprint density at radius 2 is 1.88 bits per heavy atom. The summed E-state index contributed by atoms with van der Waals surface area (Å²) in [6.45, 7) is 6.35. The summed E-state index contributed by atoms with van der Waals surface area (Å²) < 4.78 is 0. The van der Waals surface area contributed by atoms with Gasteiger partial charge >= 0.3 is 5.97 Å². The lowest BCUT2D eigenvalue weighted by Gasteiger charge is -2.06. The number of carboxylic acids is 1. The summed E-state index contributed by atoms with van der Waals surface area (Å²) >= 11 is 0. The Morgan fingerprint density at radius 1 is 1.29 bits per heavy atom. The van der Waals surface area contributed by atoms with Gasteiger partial charge < -0.3 is 5.11 Å². The number of carboxylic acid groups (broad SMARTS) is 1. The van der Waals surface area contributed by atoms with Gasteiger partial charge in [-0.2, -0.15) is 0 Å². The molecule has 0 saturated heterocycles.